The number of aromatic nitrogens is 6. The number of hydrogen-bond acceptors (Lipinski definition) is 6. The molecule has 0 bridgehead atoms. The van der Waals surface area contributed by atoms with Crippen molar-refractivity contribution in [1.82, 2.24) is 34.4 Å². The maximum absolute atomic E-state index is 13.3. The van der Waals surface area contributed by atoms with E-state index in [1.165, 1.54) is 4.80 Å². The molecule has 3 aromatic heterocycles. The number of carbonyl (C=O) groups excluding carboxylic acids is 1. The summed E-state index contributed by atoms with van der Waals surface area (Å²) in [6.07, 6.45) is 8.66. The number of carbonyl (C=O) groups is 1. The molecule has 1 aliphatic heterocycles. The van der Waals surface area contributed by atoms with E-state index in [1.54, 1.807) is 24.9 Å². The topological polar surface area (TPSA) is 93.8 Å². The Bertz CT molecular complexity index is 1180. The number of piperidine rings is 1. The van der Waals surface area contributed by atoms with E-state index in [-0.39, 0.29) is 11.9 Å². The Balaban J connectivity index is 1.37. The monoisotopic (exact) mass is 402 g/mol. The van der Waals surface area contributed by atoms with Crippen LogP contribution in [0, 0.1) is 0 Å². The van der Waals surface area contributed by atoms with Crippen LogP contribution in [0.5, 0.6) is 0 Å². The lowest BCUT2D eigenvalue weighted by molar-refractivity contribution is 0.0714. The molecule has 0 spiro atoms. The van der Waals surface area contributed by atoms with Gasteiger partial charge < -0.3 is 14.8 Å². The molecule has 1 saturated heterocycles. The second-order valence-corrected chi connectivity index (χ2v) is 7.45. The van der Waals surface area contributed by atoms with Crippen LogP contribution in [0.3, 0.4) is 0 Å². The molecular formula is C21H22N8O. The number of aryl methyl sites for hydroxylation is 1. The van der Waals surface area contributed by atoms with Gasteiger partial charge in [-0.15, -0.1) is 0 Å². The SMILES string of the molecule is Cn1cnc2ccnc(NC3CCCN(C(=O)c4ccccc4-n4nccn4)C3)c21. The molecule has 1 atom stereocenters. The highest BCUT2D eigenvalue weighted by molar-refractivity contribution is 5.97. The number of nitrogens with zero attached hydrogens (tertiary/aromatic N) is 7. The predicted octanol–water partition coefficient (Wildman–Crippen LogP) is 2.27. The number of hydrogen-bond donors (Lipinski definition) is 1. The zero-order valence-corrected chi connectivity index (χ0v) is 16.6. The molecule has 1 N–H and O–H groups in total. The van der Waals surface area contributed by atoms with Crippen LogP contribution in [0.1, 0.15) is 23.2 Å². The summed E-state index contributed by atoms with van der Waals surface area (Å²) in [5.74, 6) is 0.786. The number of rotatable bonds is 4. The van der Waals surface area contributed by atoms with Gasteiger partial charge in [0.05, 0.1) is 35.5 Å². The Labute approximate surface area is 173 Å². The third-order valence-electron chi connectivity index (χ3n) is 5.44. The fourth-order valence-electron chi connectivity index (χ4n) is 4.02. The first kappa shape index (κ1) is 18.3. The third-order valence-corrected chi connectivity index (χ3v) is 5.44. The van der Waals surface area contributed by atoms with E-state index in [0.717, 1.165) is 36.2 Å². The van der Waals surface area contributed by atoms with Crippen molar-refractivity contribution in [2.75, 3.05) is 18.4 Å². The summed E-state index contributed by atoms with van der Waals surface area (Å²) in [6.45, 7) is 1.33. The molecule has 0 aliphatic carbocycles. The summed E-state index contributed by atoms with van der Waals surface area (Å²) >= 11 is 0. The van der Waals surface area contributed by atoms with Gasteiger partial charge in [0.25, 0.3) is 5.91 Å². The van der Waals surface area contributed by atoms with Crippen molar-refractivity contribution >= 4 is 22.8 Å². The number of para-hydroxylation sites is 1. The minimum atomic E-state index is -0.0129. The highest BCUT2D eigenvalue weighted by Crippen LogP contribution is 2.23. The molecule has 4 heterocycles. The molecule has 30 heavy (non-hydrogen) atoms. The van der Waals surface area contributed by atoms with Crippen LogP contribution in [0.4, 0.5) is 5.82 Å². The summed E-state index contributed by atoms with van der Waals surface area (Å²) in [5.41, 5.74) is 3.15. The fraction of sp³-hybridized carbons (Fsp3) is 0.286. The molecule has 1 fully saturated rings. The molecule has 4 aromatic rings. The van der Waals surface area contributed by atoms with Crippen molar-refractivity contribution in [2.24, 2.45) is 7.05 Å². The largest absolute Gasteiger partial charge is 0.364 e. The van der Waals surface area contributed by atoms with E-state index >= 15 is 0 Å². The van der Waals surface area contributed by atoms with Gasteiger partial charge in [-0.3, -0.25) is 4.79 Å². The Morgan fingerprint density at radius 1 is 1.10 bits per heavy atom. The smallest absolute Gasteiger partial charge is 0.256 e. The van der Waals surface area contributed by atoms with Gasteiger partial charge in [0.2, 0.25) is 0 Å². The second-order valence-electron chi connectivity index (χ2n) is 7.45. The molecule has 0 saturated carbocycles. The van der Waals surface area contributed by atoms with E-state index in [4.69, 9.17) is 0 Å². The third kappa shape index (κ3) is 3.28. The number of nitrogens with one attached hydrogen (secondary N) is 1. The Kier molecular flexibility index (Phi) is 4.62. The summed E-state index contributed by atoms with van der Waals surface area (Å²) in [7, 11) is 1.96. The van der Waals surface area contributed by atoms with Crippen LogP contribution in [-0.4, -0.2) is 59.5 Å². The number of imidazole rings is 1. The van der Waals surface area contributed by atoms with Gasteiger partial charge in [0, 0.05) is 32.4 Å². The lowest BCUT2D eigenvalue weighted by atomic mass is 10.0. The van der Waals surface area contributed by atoms with Crippen LogP contribution in [0.2, 0.25) is 0 Å². The lowest BCUT2D eigenvalue weighted by Crippen LogP contribution is -2.45. The Hall–Kier alpha value is -3.75. The number of likely N-dealkylation sites (tertiary alicyclic amines) is 1. The van der Waals surface area contributed by atoms with E-state index in [2.05, 4.69) is 25.5 Å². The molecule has 1 unspecified atom stereocenters. The normalized spacial score (nSPS) is 16.7. The first-order chi connectivity index (χ1) is 14.7. The van der Waals surface area contributed by atoms with Crippen LogP contribution in [-0.2, 0) is 7.05 Å². The maximum Gasteiger partial charge on any atom is 0.256 e. The summed E-state index contributed by atoms with van der Waals surface area (Å²) in [5, 5.41) is 11.9. The molecule has 152 valence electrons. The molecule has 1 aliphatic rings. The van der Waals surface area contributed by atoms with Gasteiger partial charge in [0.15, 0.2) is 5.82 Å². The van der Waals surface area contributed by atoms with Crippen molar-refractivity contribution in [2.45, 2.75) is 18.9 Å². The van der Waals surface area contributed by atoms with Gasteiger partial charge in [-0.1, -0.05) is 12.1 Å². The van der Waals surface area contributed by atoms with Gasteiger partial charge in [-0.05, 0) is 31.0 Å². The van der Waals surface area contributed by atoms with Crippen LogP contribution < -0.4 is 5.32 Å². The highest BCUT2D eigenvalue weighted by atomic mass is 16.2. The van der Waals surface area contributed by atoms with Crippen molar-refractivity contribution in [3.63, 3.8) is 0 Å². The van der Waals surface area contributed by atoms with Crippen molar-refractivity contribution in [1.29, 1.82) is 0 Å². The summed E-state index contributed by atoms with van der Waals surface area (Å²) < 4.78 is 1.96. The van der Waals surface area contributed by atoms with Gasteiger partial charge in [-0.2, -0.15) is 15.0 Å². The Morgan fingerprint density at radius 2 is 1.93 bits per heavy atom. The Morgan fingerprint density at radius 3 is 2.80 bits per heavy atom. The average molecular weight is 402 g/mol. The minimum absolute atomic E-state index is 0.0129. The summed E-state index contributed by atoms with van der Waals surface area (Å²) in [4.78, 5) is 25.6. The number of benzene rings is 1. The van der Waals surface area contributed by atoms with Crippen LogP contribution in [0.25, 0.3) is 16.7 Å². The number of amides is 1. The molecular weight excluding hydrogens is 380 g/mol. The number of anilines is 1. The first-order valence-corrected chi connectivity index (χ1v) is 9.98. The minimum Gasteiger partial charge on any atom is -0.364 e. The summed E-state index contributed by atoms with van der Waals surface area (Å²) in [6, 6.07) is 9.46. The maximum atomic E-state index is 13.3. The molecule has 9 heteroatoms. The first-order valence-electron chi connectivity index (χ1n) is 9.98. The average Bonchev–Trinajstić information content (AvgIpc) is 3.44. The molecule has 9 nitrogen and oxygen atoms in total. The van der Waals surface area contributed by atoms with Crippen molar-refractivity contribution in [3.05, 3.63) is 60.8 Å². The van der Waals surface area contributed by atoms with E-state index < -0.39 is 0 Å². The number of pyridine rings is 1. The van der Waals surface area contributed by atoms with E-state index in [9.17, 15) is 4.79 Å². The van der Waals surface area contributed by atoms with Crippen molar-refractivity contribution in [3.8, 4) is 5.69 Å². The highest BCUT2D eigenvalue weighted by Gasteiger charge is 2.27. The van der Waals surface area contributed by atoms with Crippen molar-refractivity contribution < 1.29 is 4.79 Å². The second kappa shape index (κ2) is 7.58. The molecule has 1 aromatic carbocycles. The van der Waals surface area contributed by atoms with Gasteiger partial charge >= 0.3 is 0 Å². The molecule has 1 amide bonds. The standard InChI is InChI=1S/C21H22N8O/c1-27-14-23-17-8-9-22-20(19(17)27)26-15-5-4-12-28(13-15)21(30)16-6-2-3-7-18(16)29-24-10-11-25-29/h2-3,6-11,14-15H,4-5,12-13H2,1H3,(H,22,26). The molecule has 5 rings (SSSR count). The van der Waals surface area contributed by atoms with Gasteiger partial charge in [-0.25, -0.2) is 9.97 Å². The predicted molar refractivity (Wildman–Crippen MR) is 112 cm³/mol. The van der Waals surface area contributed by atoms with Crippen LogP contribution in [0.15, 0.2) is 55.2 Å². The lowest BCUT2D eigenvalue weighted by Gasteiger charge is -2.34. The molecule has 0 radical (unpaired) electrons. The van der Waals surface area contributed by atoms with Gasteiger partial charge in [0.1, 0.15) is 5.52 Å². The zero-order chi connectivity index (χ0) is 20.5. The quantitative estimate of drug-likeness (QED) is 0.563. The van der Waals surface area contributed by atoms with E-state index in [0.29, 0.717) is 17.8 Å². The number of fused-ring (bicyclic) bond motifs is 1. The fourth-order valence-corrected chi connectivity index (χ4v) is 4.02. The van der Waals surface area contributed by atoms with Crippen LogP contribution >= 0.6 is 0 Å². The zero-order valence-electron chi connectivity index (χ0n) is 16.6. The van der Waals surface area contributed by atoms with E-state index in [1.807, 2.05) is 46.8 Å².